The summed E-state index contributed by atoms with van der Waals surface area (Å²) in [5.41, 5.74) is 2.28. The summed E-state index contributed by atoms with van der Waals surface area (Å²) in [5.74, 6) is -0.838. The van der Waals surface area contributed by atoms with Gasteiger partial charge in [0.15, 0.2) is 0 Å². The van der Waals surface area contributed by atoms with Crippen LogP contribution in [0.2, 0.25) is 0 Å². The second-order valence-electron chi connectivity index (χ2n) is 5.63. The van der Waals surface area contributed by atoms with Crippen LogP contribution in [0.25, 0.3) is 10.9 Å². The molecular formula is C18H14N2O3. The standard InChI is InChI=1S/C18H14N2O3/c21-12-7-5-11(6-8-12)20-17(22)9-14(18(20)23)15-10-19-16-4-2-1-3-13(15)16/h1-8,10,14,19,21H,9H2/t14-/m0/s1. The molecule has 5 nitrogen and oxygen atoms in total. The maximum Gasteiger partial charge on any atom is 0.241 e. The first-order valence-corrected chi connectivity index (χ1v) is 7.37. The zero-order valence-corrected chi connectivity index (χ0v) is 12.2. The second-order valence-corrected chi connectivity index (χ2v) is 5.63. The van der Waals surface area contributed by atoms with Gasteiger partial charge in [-0.3, -0.25) is 14.5 Å². The second kappa shape index (κ2) is 4.98. The Morgan fingerprint density at radius 1 is 1.04 bits per heavy atom. The molecule has 0 aliphatic carbocycles. The molecule has 114 valence electrons. The number of fused-ring (bicyclic) bond motifs is 1. The van der Waals surface area contributed by atoms with Crippen LogP contribution < -0.4 is 4.90 Å². The van der Waals surface area contributed by atoms with E-state index in [1.165, 1.54) is 17.0 Å². The number of aromatic hydroxyl groups is 1. The van der Waals surface area contributed by atoms with Crippen molar-refractivity contribution in [1.29, 1.82) is 0 Å². The molecule has 2 heterocycles. The minimum atomic E-state index is -0.479. The molecule has 2 aromatic carbocycles. The highest BCUT2D eigenvalue weighted by atomic mass is 16.3. The van der Waals surface area contributed by atoms with Gasteiger partial charge >= 0.3 is 0 Å². The van der Waals surface area contributed by atoms with Crippen molar-refractivity contribution in [3.05, 3.63) is 60.3 Å². The first kappa shape index (κ1) is 13.6. The van der Waals surface area contributed by atoms with Crippen molar-refractivity contribution in [3.8, 4) is 5.75 Å². The number of phenolic OH excluding ortho intramolecular Hbond substituents is 1. The summed E-state index contributed by atoms with van der Waals surface area (Å²) in [6.45, 7) is 0. The van der Waals surface area contributed by atoms with E-state index in [1.807, 2.05) is 24.3 Å². The minimum Gasteiger partial charge on any atom is -0.508 e. The fourth-order valence-electron chi connectivity index (χ4n) is 3.13. The van der Waals surface area contributed by atoms with Gasteiger partial charge in [0, 0.05) is 23.5 Å². The topological polar surface area (TPSA) is 73.4 Å². The van der Waals surface area contributed by atoms with Crippen molar-refractivity contribution in [2.75, 3.05) is 4.90 Å². The molecular weight excluding hydrogens is 292 g/mol. The van der Waals surface area contributed by atoms with Gasteiger partial charge in [0.1, 0.15) is 5.75 Å². The lowest BCUT2D eigenvalue weighted by molar-refractivity contribution is -0.121. The van der Waals surface area contributed by atoms with Gasteiger partial charge in [-0.2, -0.15) is 0 Å². The summed E-state index contributed by atoms with van der Waals surface area (Å²) >= 11 is 0. The van der Waals surface area contributed by atoms with Crippen molar-refractivity contribution in [2.45, 2.75) is 12.3 Å². The van der Waals surface area contributed by atoms with E-state index in [4.69, 9.17) is 0 Å². The maximum atomic E-state index is 12.8. The Balaban J connectivity index is 1.74. The molecule has 3 aromatic rings. The number of carbonyl (C=O) groups excluding carboxylic acids is 2. The van der Waals surface area contributed by atoms with Crippen molar-refractivity contribution in [1.82, 2.24) is 4.98 Å². The lowest BCUT2D eigenvalue weighted by Crippen LogP contribution is -2.29. The van der Waals surface area contributed by atoms with Gasteiger partial charge in [-0.1, -0.05) is 18.2 Å². The molecule has 1 aliphatic heterocycles. The number of anilines is 1. The quantitative estimate of drug-likeness (QED) is 0.715. The Bertz CT molecular complexity index is 911. The monoisotopic (exact) mass is 306 g/mol. The molecule has 0 spiro atoms. The van der Waals surface area contributed by atoms with E-state index in [-0.39, 0.29) is 24.0 Å². The number of aromatic amines is 1. The predicted octanol–water partition coefficient (Wildman–Crippen LogP) is 2.92. The predicted molar refractivity (Wildman–Crippen MR) is 86.3 cm³/mol. The van der Waals surface area contributed by atoms with Crippen LogP contribution in [0.1, 0.15) is 17.9 Å². The number of hydrogen-bond donors (Lipinski definition) is 2. The lowest BCUT2D eigenvalue weighted by atomic mass is 9.97. The number of para-hydroxylation sites is 1. The Labute approximate surface area is 132 Å². The highest BCUT2D eigenvalue weighted by Crippen LogP contribution is 2.36. The summed E-state index contributed by atoms with van der Waals surface area (Å²) in [5, 5.41) is 10.3. The van der Waals surface area contributed by atoms with Gasteiger partial charge in [-0.05, 0) is 35.9 Å². The third-order valence-corrected chi connectivity index (χ3v) is 4.25. The van der Waals surface area contributed by atoms with Crippen LogP contribution in [0.15, 0.2) is 54.7 Å². The number of nitrogens with one attached hydrogen (secondary N) is 1. The summed E-state index contributed by atoms with van der Waals surface area (Å²) in [4.78, 5) is 29.5. The number of carbonyl (C=O) groups is 2. The highest BCUT2D eigenvalue weighted by molar-refractivity contribution is 6.23. The van der Waals surface area contributed by atoms with Gasteiger partial charge in [0.25, 0.3) is 0 Å². The minimum absolute atomic E-state index is 0.0982. The zero-order chi connectivity index (χ0) is 16.0. The van der Waals surface area contributed by atoms with E-state index in [9.17, 15) is 14.7 Å². The van der Waals surface area contributed by atoms with Gasteiger partial charge in [0.2, 0.25) is 11.8 Å². The molecule has 0 bridgehead atoms. The van der Waals surface area contributed by atoms with E-state index in [1.54, 1.807) is 18.3 Å². The first-order chi connectivity index (χ1) is 11.1. The first-order valence-electron chi connectivity index (χ1n) is 7.37. The molecule has 0 radical (unpaired) electrons. The van der Waals surface area contributed by atoms with Crippen molar-refractivity contribution in [3.63, 3.8) is 0 Å². The van der Waals surface area contributed by atoms with E-state index < -0.39 is 5.92 Å². The number of rotatable bonds is 2. The number of aromatic nitrogens is 1. The SMILES string of the molecule is O=C1C[C@@H](c2c[nH]c3ccccc23)C(=O)N1c1ccc(O)cc1. The lowest BCUT2D eigenvalue weighted by Gasteiger charge is -2.15. The van der Waals surface area contributed by atoms with Crippen LogP contribution in [0.5, 0.6) is 5.75 Å². The Kier molecular flexibility index (Phi) is 2.94. The van der Waals surface area contributed by atoms with E-state index >= 15 is 0 Å². The van der Waals surface area contributed by atoms with Gasteiger partial charge in [-0.25, -0.2) is 0 Å². The number of imide groups is 1. The molecule has 2 N–H and O–H groups in total. The van der Waals surface area contributed by atoms with Crippen LogP contribution in [-0.4, -0.2) is 21.9 Å². The molecule has 23 heavy (non-hydrogen) atoms. The van der Waals surface area contributed by atoms with E-state index in [0.717, 1.165) is 16.5 Å². The molecule has 5 heteroatoms. The average Bonchev–Trinajstić information content (AvgIpc) is 3.10. The number of amides is 2. The molecule has 2 amide bonds. The fourth-order valence-corrected chi connectivity index (χ4v) is 3.13. The zero-order valence-electron chi connectivity index (χ0n) is 12.2. The van der Waals surface area contributed by atoms with Crippen molar-refractivity contribution < 1.29 is 14.7 Å². The summed E-state index contributed by atoms with van der Waals surface area (Å²) in [6, 6.07) is 13.8. The van der Waals surface area contributed by atoms with Crippen molar-refractivity contribution >= 4 is 28.4 Å². The third kappa shape index (κ3) is 2.09. The van der Waals surface area contributed by atoms with Gasteiger partial charge in [0.05, 0.1) is 11.6 Å². The Morgan fingerprint density at radius 3 is 2.57 bits per heavy atom. The van der Waals surface area contributed by atoms with Crippen LogP contribution in [0.3, 0.4) is 0 Å². The normalized spacial score (nSPS) is 18.1. The van der Waals surface area contributed by atoms with Crippen LogP contribution in [0.4, 0.5) is 5.69 Å². The molecule has 1 fully saturated rings. The molecule has 1 aliphatic rings. The molecule has 1 atom stereocenters. The van der Waals surface area contributed by atoms with E-state index in [0.29, 0.717) is 5.69 Å². The fraction of sp³-hybridized carbons (Fsp3) is 0.111. The van der Waals surface area contributed by atoms with Gasteiger partial charge in [-0.15, -0.1) is 0 Å². The van der Waals surface area contributed by atoms with Crippen LogP contribution in [-0.2, 0) is 9.59 Å². The summed E-state index contributed by atoms with van der Waals surface area (Å²) in [7, 11) is 0. The Morgan fingerprint density at radius 2 is 1.78 bits per heavy atom. The number of benzene rings is 2. The molecule has 0 unspecified atom stereocenters. The average molecular weight is 306 g/mol. The molecule has 1 saturated heterocycles. The van der Waals surface area contributed by atoms with Crippen molar-refractivity contribution in [2.24, 2.45) is 0 Å². The third-order valence-electron chi connectivity index (χ3n) is 4.25. The van der Waals surface area contributed by atoms with Gasteiger partial charge < -0.3 is 10.1 Å². The highest BCUT2D eigenvalue weighted by Gasteiger charge is 2.41. The maximum absolute atomic E-state index is 12.8. The number of phenols is 1. The summed E-state index contributed by atoms with van der Waals surface area (Å²) in [6.07, 6.45) is 1.96. The number of hydrogen-bond acceptors (Lipinski definition) is 3. The number of nitrogens with zero attached hydrogens (tertiary/aromatic N) is 1. The molecule has 4 rings (SSSR count). The Hall–Kier alpha value is -3.08. The smallest absolute Gasteiger partial charge is 0.241 e. The number of H-pyrrole nitrogens is 1. The van der Waals surface area contributed by atoms with Crippen LogP contribution in [0, 0.1) is 0 Å². The molecule has 0 saturated carbocycles. The van der Waals surface area contributed by atoms with E-state index in [2.05, 4.69) is 4.98 Å². The summed E-state index contributed by atoms with van der Waals surface area (Å²) < 4.78 is 0. The van der Waals surface area contributed by atoms with Crippen LogP contribution >= 0.6 is 0 Å². The molecule has 1 aromatic heterocycles. The largest absolute Gasteiger partial charge is 0.508 e.